The Balaban J connectivity index is 1.16. The number of amides is 13. The van der Waals surface area contributed by atoms with Gasteiger partial charge >= 0.3 is 11.9 Å². The fraction of sp³-hybridized carbons (Fsp3) is 0.507. The minimum atomic E-state index is -1.69. The van der Waals surface area contributed by atoms with Gasteiger partial charge in [0.25, 0.3) is 11.9 Å². The fourth-order valence-electron chi connectivity index (χ4n) is 11.0. The van der Waals surface area contributed by atoms with Crippen molar-refractivity contribution in [1.82, 2.24) is 84.7 Å². The molecule has 109 heavy (non-hydrogen) atoms. The summed E-state index contributed by atoms with van der Waals surface area (Å²) in [6, 6.07) is 3.30. The Morgan fingerprint density at radius 2 is 0.954 bits per heavy atom. The van der Waals surface area contributed by atoms with Gasteiger partial charge in [-0.1, -0.05) is 52.0 Å². The Hall–Kier alpha value is -12.1. The van der Waals surface area contributed by atoms with Crippen molar-refractivity contribution < 1.29 is 103 Å². The van der Waals surface area contributed by atoms with E-state index in [0.29, 0.717) is 34.9 Å². The summed E-state index contributed by atoms with van der Waals surface area (Å²) in [6.45, 7) is 5.94. The van der Waals surface area contributed by atoms with Crippen LogP contribution in [0.1, 0.15) is 113 Å². The van der Waals surface area contributed by atoms with Crippen LogP contribution in [-0.2, 0) is 80.0 Å². The van der Waals surface area contributed by atoms with E-state index in [2.05, 4.69) is 96.2 Å². The number of carboxylic acid groups (broad SMARTS) is 2. The quantitative estimate of drug-likeness (QED) is 0.0150. The van der Waals surface area contributed by atoms with Gasteiger partial charge in [0.2, 0.25) is 76.7 Å². The van der Waals surface area contributed by atoms with Crippen molar-refractivity contribution in [2.45, 2.75) is 159 Å². The molecule has 2 aromatic carbocycles. The predicted molar refractivity (Wildman–Crippen MR) is 386 cm³/mol. The van der Waals surface area contributed by atoms with Gasteiger partial charge in [-0.05, 0) is 98.2 Å². The fourth-order valence-corrected chi connectivity index (χ4v) is 11.0. The normalized spacial score (nSPS) is 20.2. The monoisotopic (exact) mass is 1530 g/mol. The zero-order chi connectivity index (χ0) is 80.3. The van der Waals surface area contributed by atoms with Crippen LogP contribution in [-0.4, -0.2) is 223 Å². The number of hydrogen-bond acceptors (Lipinski definition) is 20. The number of carbonyl (C=O) groups is 15. The molecule has 2 aliphatic heterocycles. The molecule has 0 radical (unpaired) electrons. The summed E-state index contributed by atoms with van der Waals surface area (Å²) in [7, 11) is 0. The second-order valence-electron chi connectivity index (χ2n) is 26.5. The van der Waals surface area contributed by atoms with Crippen molar-refractivity contribution in [2.75, 3.05) is 52.5 Å². The molecule has 9 atom stereocenters. The Morgan fingerprint density at radius 1 is 0.532 bits per heavy atom. The molecule has 27 N–H and O–H groups in total. The number of ether oxygens (including phenoxy) is 2. The Bertz CT molecular complexity index is 3720. The van der Waals surface area contributed by atoms with Gasteiger partial charge in [-0.25, -0.2) is 10.4 Å². The van der Waals surface area contributed by atoms with Crippen LogP contribution in [0.4, 0.5) is 5.82 Å². The highest BCUT2D eigenvalue weighted by atomic mass is 16.5. The third kappa shape index (κ3) is 31.9. The largest absolute Gasteiger partial charge is 0.494 e. The maximum atomic E-state index is 14.1. The Morgan fingerprint density at radius 3 is 1.37 bits per heavy atom. The number of pyridine rings is 1. The van der Waals surface area contributed by atoms with E-state index in [1.807, 2.05) is 0 Å². The molecular formula is C69H101N21O19+2. The maximum Gasteiger partial charge on any atom is 0.305 e. The Kier molecular flexibility index (Phi) is 35.9. The van der Waals surface area contributed by atoms with Gasteiger partial charge in [0.1, 0.15) is 65.9 Å². The van der Waals surface area contributed by atoms with Crippen molar-refractivity contribution >= 4 is 106 Å². The highest BCUT2D eigenvalue weighted by molar-refractivity contribution is 6.01. The molecule has 0 spiro atoms. The molecule has 594 valence electrons. The average Bonchev–Trinajstić information content (AvgIpc) is 1.80. The van der Waals surface area contributed by atoms with E-state index in [9.17, 15) is 82.1 Å². The van der Waals surface area contributed by atoms with Crippen molar-refractivity contribution in [3.05, 3.63) is 83.6 Å². The van der Waals surface area contributed by atoms with Crippen LogP contribution < -0.4 is 106 Å². The number of carbonyl (C=O) groups excluding carboxylic acids is 13. The molecule has 40 nitrogen and oxygen atoms in total. The molecule has 5 rings (SSSR count). The lowest BCUT2D eigenvalue weighted by Gasteiger charge is -2.27. The number of aliphatic carboxylic acids is 2. The second-order valence-corrected chi connectivity index (χ2v) is 26.5. The summed E-state index contributed by atoms with van der Waals surface area (Å²) < 4.78 is 11.8. The second kappa shape index (κ2) is 44.8. The van der Waals surface area contributed by atoms with E-state index in [4.69, 9.17) is 26.0 Å². The van der Waals surface area contributed by atoms with Gasteiger partial charge in [-0.15, -0.1) is 0 Å². The molecule has 0 bridgehead atoms. The van der Waals surface area contributed by atoms with Crippen LogP contribution in [0.15, 0.2) is 66.9 Å². The molecular weight excluding hydrogens is 1430 g/mol. The van der Waals surface area contributed by atoms with Crippen LogP contribution in [0.2, 0.25) is 0 Å². The van der Waals surface area contributed by atoms with E-state index >= 15 is 0 Å². The van der Waals surface area contributed by atoms with Crippen LogP contribution in [0.3, 0.4) is 0 Å². The molecule has 9 unspecified atom stereocenters. The maximum absolute atomic E-state index is 14.1. The zero-order valence-electron chi connectivity index (χ0n) is 61.1. The van der Waals surface area contributed by atoms with Crippen LogP contribution in [0.5, 0.6) is 11.5 Å². The smallest absolute Gasteiger partial charge is 0.305 e. The van der Waals surface area contributed by atoms with Gasteiger partial charge in [-0.3, -0.25) is 83.1 Å². The number of quaternary nitrogens is 2. The summed E-state index contributed by atoms with van der Waals surface area (Å²) in [6.07, 6.45) is -0.0775. The summed E-state index contributed by atoms with van der Waals surface area (Å²) in [4.78, 5) is 204. The summed E-state index contributed by atoms with van der Waals surface area (Å²) in [5.74, 6) is -13.7. The number of guanidine groups is 2. The lowest BCUT2D eigenvalue weighted by Crippen LogP contribution is -2.63. The van der Waals surface area contributed by atoms with Crippen molar-refractivity contribution in [2.24, 2.45) is 17.6 Å². The topological polar surface area (TPSA) is 637 Å². The first-order valence-electron chi connectivity index (χ1n) is 35.4. The van der Waals surface area contributed by atoms with Crippen LogP contribution >= 0.6 is 0 Å². The molecule has 2 aliphatic rings. The van der Waals surface area contributed by atoms with Gasteiger partial charge in [0, 0.05) is 57.7 Å². The van der Waals surface area contributed by atoms with Gasteiger partial charge in [0.05, 0.1) is 44.7 Å². The molecule has 13 amide bonds. The van der Waals surface area contributed by atoms with Crippen LogP contribution in [0, 0.1) is 22.7 Å². The van der Waals surface area contributed by atoms with Crippen molar-refractivity contribution in [3.8, 4) is 11.5 Å². The third-order valence-corrected chi connectivity index (χ3v) is 16.8. The van der Waals surface area contributed by atoms with Crippen LogP contribution in [0.25, 0.3) is 0 Å². The van der Waals surface area contributed by atoms with E-state index in [-0.39, 0.29) is 115 Å². The lowest BCUT2D eigenvalue weighted by molar-refractivity contribution is -0.260. The van der Waals surface area contributed by atoms with E-state index in [1.54, 1.807) is 76.2 Å². The molecule has 3 heterocycles. The molecule has 3 aromatic rings. The number of aromatic nitrogens is 1. The summed E-state index contributed by atoms with van der Waals surface area (Å²) in [5.41, 5.74) is 13.6. The number of hydrogen-bond donors (Lipinski definition) is 22. The zero-order valence-corrected chi connectivity index (χ0v) is 61.1. The SMILES string of the molecule is CC(C)C1NC(=O)C(Cc2ccc(OCCCNC(=O)CCC(NC(=O)c3ccc([NH3+])nc3)C(=O)NCCCOc3ccc(CC4NC(=O)C(CC(=O)O)NC(=O)CNC(=O)C(CCCNC(=N)[NH3+])NC(=O)C(C(C)C)NC4=O)cc3)cc2)NC(=O)C(CC(=O)O)NC(=O)CNC(=O)C(CCCNC(=N)N)NC1=O. The molecule has 0 aliphatic carbocycles. The van der Waals surface area contributed by atoms with E-state index in [1.165, 1.54) is 18.3 Å². The van der Waals surface area contributed by atoms with Gasteiger partial charge in [-0.2, -0.15) is 0 Å². The molecule has 40 heteroatoms. The number of benzene rings is 2. The first-order valence-corrected chi connectivity index (χ1v) is 35.4. The molecule has 2 fully saturated rings. The highest BCUT2D eigenvalue weighted by Crippen LogP contribution is 2.18. The number of nitrogens with two attached hydrogens (primary N) is 1. The summed E-state index contributed by atoms with van der Waals surface area (Å²) in [5, 5.41) is 72.7. The number of rotatable bonds is 34. The van der Waals surface area contributed by atoms with E-state index < -0.39 is 181 Å². The highest BCUT2D eigenvalue weighted by Gasteiger charge is 2.37. The number of nitrogens with zero attached hydrogens (tertiary/aromatic N) is 1. The minimum Gasteiger partial charge on any atom is -0.494 e. The lowest BCUT2D eigenvalue weighted by atomic mass is 9.99. The van der Waals surface area contributed by atoms with Crippen molar-refractivity contribution in [1.29, 1.82) is 10.8 Å². The van der Waals surface area contributed by atoms with Gasteiger partial charge < -0.3 is 111 Å². The molecule has 2 saturated heterocycles. The van der Waals surface area contributed by atoms with Gasteiger partial charge in [0.15, 0.2) is 5.96 Å². The Labute approximate surface area is 627 Å². The molecule has 1 aromatic heterocycles. The summed E-state index contributed by atoms with van der Waals surface area (Å²) >= 11 is 0. The first kappa shape index (κ1) is 87.5. The van der Waals surface area contributed by atoms with Crippen molar-refractivity contribution in [3.63, 3.8) is 0 Å². The number of nitrogens with one attached hydrogen (secondary N) is 17. The third-order valence-electron chi connectivity index (χ3n) is 16.8. The molecule has 0 saturated carbocycles. The first-order chi connectivity index (χ1) is 51.7. The standard InChI is InChI=1S/C69H99N21O19/c1-36(2)56-66(106)85-43(9-5-23-77-68(71)72)60(100)80-34-52(92)82-48(31-54(94)95)62(102)87-46(64(104)89-56)29-38-11-16-41(17-12-38)108-27-7-25-75-51(91)22-20-45(84-58(98)40-15-21-50(70)79-33-40)59(99)76-26-8-28-109-42-18-13-39(14-19-42)30-47-65(105)90-57(37(3)4)67(107)86-44(10-6-24-78-69(73)74)61(101)81-35-53(93)83-49(32-55(96)97)63(103)88-47/h11-19,21,33,36-37,43-49,56-57H,5-10,20,22-32,34-35H2,1-4H3,(H2,70,79)(H,75,91)(H,76,99)(H,80,100)(H,81,101)(H,82,92)(H,83,93)(H,84,98)(H,85,106)(H,86,107)(H,87,102)(H,88,103)(H,89,104)(H,90,105)(H,94,95)(H,96,97)(H4,71,72,77)(H4,73,74,78)/p+2. The minimum absolute atomic E-state index is 0.0164. The average molecular weight is 1530 g/mol. The number of carboxylic acids is 2. The van der Waals surface area contributed by atoms with E-state index in [0.717, 1.165) is 0 Å². The predicted octanol–water partition coefficient (Wildman–Crippen LogP) is -6.70.